The van der Waals surface area contributed by atoms with Crippen LogP contribution in [-0.2, 0) is 11.2 Å². The quantitative estimate of drug-likeness (QED) is 0.425. The van der Waals surface area contributed by atoms with Crippen LogP contribution in [-0.4, -0.2) is 41.1 Å². The van der Waals surface area contributed by atoms with E-state index in [4.69, 9.17) is 0 Å². The van der Waals surface area contributed by atoms with Gasteiger partial charge in [0.25, 0.3) is 0 Å². The first-order valence-electron chi connectivity index (χ1n) is 8.64. The summed E-state index contributed by atoms with van der Waals surface area (Å²) in [7, 11) is 0. The Balaban J connectivity index is 1.57. The predicted molar refractivity (Wildman–Crippen MR) is 99.5 cm³/mol. The summed E-state index contributed by atoms with van der Waals surface area (Å²) < 4.78 is 13.8. The van der Waals surface area contributed by atoms with Gasteiger partial charge < -0.3 is 15.3 Å². The smallest absolute Gasteiger partial charge is 0.237 e. The van der Waals surface area contributed by atoms with E-state index in [1.54, 1.807) is 11.0 Å². The van der Waals surface area contributed by atoms with E-state index >= 15 is 0 Å². The number of nitrogens with one attached hydrogen (secondary N) is 1. The molecule has 0 bridgehead atoms. The highest BCUT2D eigenvalue weighted by Gasteiger charge is 2.32. The standard InChI is InChI=1S/C18H24FIN2O2/c19-14-6-4-5-13-7-10-22(17(20)16(13)14)15(23)11-21-12-18(24)8-2-1-3-9-18/h4-6,17,21,24H,1-3,7-12H2. The van der Waals surface area contributed by atoms with E-state index in [2.05, 4.69) is 27.9 Å². The molecule has 1 fully saturated rings. The van der Waals surface area contributed by atoms with Gasteiger partial charge >= 0.3 is 0 Å². The van der Waals surface area contributed by atoms with E-state index in [9.17, 15) is 14.3 Å². The van der Waals surface area contributed by atoms with Crippen molar-refractivity contribution in [3.05, 3.63) is 35.1 Å². The molecule has 0 saturated heterocycles. The van der Waals surface area contributed by atoms with Crippen LogP contribution in [0.3, 0.4) is 0 Å². The van der Waals surface area contributed by atoms with Crippen molar-refractivity contribution in [3.63, 3.8) is 0 Å². The van der Waals surface area contributed by atoms with Gasteiger partial charge in [0.1, 0.15) is 9.87 Å². The van der Waals surface area contributed by atoms with Crippen LogP contribution in [0.15, 0.2) is 18.2 Å². The van der Waals surface area contributed by atoms with Gasteiger partial charge in [-0.1, -0.05) is 54.0 Å². The lowest BCUT2D eigenvalue weighted by Gasteiger charge is -2.35. The second kappa shape index (κ2) is 7.66. The molecule has 1 aliphatic carbocycles. The van der Waals surface area contributed by atoms with E-state index in [-0.39, 0.29) is 22.3 Å². The lowest BCUT2D eigenvalue weighted by atomic mass is 9.85. The molecule has 3 rings (SSSR count). The summed E-state index contributed by atoms with van der Waals surface area (Å²) in [6.45, 7) is 1.24. The van der Waals surface area contributed by atoms with E-state index < -0.39 is 5.60 Å². The molecule has 2 aliphatic rings. The fourth-order valence-electron chi connectivity index (χ4n) is 3.72. The van der Waals surface area contributed by atoms with Crippen LogP contribution in [0, 0.1) is 5.82 Å². The Morgan fingerprint density at radius 2 is 2.12 bits per heavy atom. The summed E-state index contributed by atoms with van der Waals surface area (Å²) >= 11 is 2.14. The maximum Gasteiger partial charge on any atom is 0.237 e. The first-order valence-corrected chi connectivity index (χ1v) is 9.89. The molecule has 0 spiro atoms. The second-order valence-electron chi connectivity index (χ2n) is 6.87. The summed E-state index contributed by atoms with van der Waals surface area (Å²) in [6.07, 6.45) is 5.55. The minimum absolute atomic E-state index is 0.0392. The summed E-state index contributed by atoms with van der Waals surface area (Å²) in [6, 6.07) is 5.11. The van der Waals surface area contributed by atoms with Gasteiger partial charge in [-0.05, 0) is 30.9 Å². The van der Waals surface area contributed by atoms with Crippen molar-refractivity contribution in [1.29, 1.82) is 0 Å². The minimum Gasteiger partial charge on any atom is -0.389 e. The number of alkyl halides is 1. The molecule has 1 aromatic carbocycles. The number of nitrogens with zero attached hydrogens (tertiary/aromatic N) is 1. The topological polar surface area (TPSA) is 52.6 Å². The molecule has 1 aliphatic heterocycles. The second-order valence-corrected chi connectivity index (χ2v) is 8.05. The highest BCUT2D eigenvalue weighted by atomic mass is 127. The van der Waals surface area contributed by atoms with Gasteiger partial charge in [0.15, 0.2) is 0 Å². The fourth-order valence-corrected chi connectivity index (χ4v) is 5.00. The van der Waals surface area contributed by atoms with Crippen molar-refractivity contribution in [1.82, 2.24) is 10.2 Å². The molecule has 1 atom stereocenters. The molecule has 2 N–H and O–H groups in total. The molecular formula is C18H24FIN2O2. The maximum absolute atomic E-state index is 14.1. The Kier molecular flexibility index (Phi) is 5.77. The molecule has 0 radical (unpaired) electrons. The van der Waals surface area contributed by atoms with Gasteiger partial charge in [-0.15, -0.1) is 0 Å². The number of fused-ring (bicyclic) bond motifs is 1. The molecule has 1 heterocycles. The van der Waals surface area contributed by atoms with E-state index in [0.29, 0.717) is 25.1 Å². The van der Waals surface area contributed by atoms with Crippen molar-refractivity contribution in [3.8, 4) is 0 Å². The summed E-state index contributed by atoms with van der Waals surface area (Å²) in [5.74, 6) is -0.281. The monoisotopic (exact) mass is 446 g/mol. The van der Waals surface area contributed by atoms with Crippen LogP contribution in [0.4, 0.5) is 4.39 Å². The number of amides is 1. The summed E-state index contributed by atoms with van der Waals surface area (Å²) in [5.41, 5.74) is 0.939. The van der Waals surface area contributed by atoms with E-state index in [0.717, 1.165) is 31.2 Å². The Labute approximate surface area is 155 Å². The molecule has 1 aromatic rings. The third kappa shape index (κ3) is 3.91. The Bertz CT molecular complexity index is 605. The number of hydrogen-bond acceptors (Lipinski definition) is 3. The maximum atomic E-state index is 14.1. The zero-order chi connectivity index (χ0) is 17.2. The van der Waals surface area contributed by atoms with Crippen molar-refractivity contribution in [2.75, 3.05) is 19.6 Å². The number of hydrogen-bond donors (Lipinski definition) is 2. The van der Waals surface area contributed by atoms with E-state index in [1.807, 2.05) is 6.07 Å². The number of aliphatic hydroxyl groups is 1. The first kappa shape index (κ1) is 18.1. The minimum atomic E-state index is -0.678. The molecule has 4 nitrogen and oxygen atoms in total. The highest BCUT2D eigenvalue weighted by Crippen LogP contribution is 2.36. The van der Waals surface area contributed by atoms with Crippen LogP contribution in [0.5, 0.6) is 0 Å². The van der Waals surface area contributed by atoms with Crippen molar-refractivity contribution >= 4 is 28.5 Å². The molecule has 24 heavy (non-hydrogen) atoms. The fraction of sp³-hybridized carbons (Fsp3) is 0.611. The SMILES string of the molecule is O=C(CNCC1(O)CCCCC1)N1CCc2cccc(F)c2C1I. The number of benzene rings is 1. The van der Waals surface area contributed by atoms with Crippen LogP contribution in [0.1, 0.15) is 47.3 Å². The lowest BCUT2D eigenvalue weighted by Crippen LogP contribution is -2.47. The summed E-state index contributed by atoms with van der Waals surface area (Å²) in [5, 5.41) is 13.6. The molecule has 0 aromatic heterocycles. The van der Waals surface area contributed by atoms with Crippen molar-refractivity contribution < 1.29 is 14.3 Å². The van der Waals surface area contributed by atoms with Gasteiger partial charge in [0, 0.05) is 18.7 Å². The van der Waals surface area contributed by atoms with Crippen molar-refractivity contribution in [2.45, 2.75) is 48.2 Å². The molecule has 132 valence electrons. The lowest BCUT2D eigenvalue weighted by molar-refractivity contribution is -0.131. The average molecular weight is 446 g/mol. The first-order chi connectivity index (χ1) is 11.5. The van der Waals surface area contributed by atoms with Gasteiger partial charge in [-0.3, -0.25) is 4.79 Å². The normalized spacial score (nSPS) is 23.0. The zero-order valence-electron chi connectivity index (χ0n) is 13.7. The molecule has 1 amide bonds. The van der Waals surface area contributed by atoms with Gasteiger partial charge in [0.05, 0.1) is 12.1 Å². The van der Waals surface area contributed by atoms with Gasteiger partial charge in [0.2, 0.25) is 5.91 Å². The molecule has 1 saturated carbocycles. The zero-order valence-corrected chi connectivity index (χ0v) is 15.9. The summed E-state index contributed by atoms with van der Waals surface area (Å²) in [4.78, 5) is 14.3. The largest absolute Gasteiger partial charge is 0.389 e. The Hall–Kier alpha value is -0.730. The predicted octanol–water partition coefficient (Wildman–Crippen LogP) is 2.93. The van der Waals surface area contributed by atoms with Gasteiger partial charge in [-0.25, -0.2) is 4.39 Å². The van der Waals surface area contributed by atoms with E-state index in [1.165, 1.54) is 12.5 Å². The number of carbonyl (C=O) groups is 1. The molecular weight excluding hydrogens is 422 g/mol. The molecule has 1 unspecified atom stereocenters. The Morgan fingerprint density at radius 3 is 2.88 bits per heavy atom. The number of halogens is 2. The molecule has 6 heteroatoms. The highest BCUT2D eigenvalue weighted by molar-refractivity contribution is 14.1. The third-order valence-corrected chi connectivity index (χ3v) is 6.41. The third-order valence-electron chi connectivity index (χ3n) is 5.11. The average Bonchev–Trinajstić information content (AvgIpc) is 2.55. The number of carbonyl (C=O) groups excluding carboxylic acids is 1. The van der Waals surface area contributed by atoms with Crippen molar-refractivity contribution in [2.24, 2.45) is 0 Å². The number of rotatable bonds is 4. The van der Waals surface area contributed by atoms with Crippen LogP contribution >= 0.6 is 22.6 Å². The van der Waals surface area contributed by atoms with Crippen LogP contribution in [0.25, 0.3) is 0 Å². The Morgan fingerprint density at radius 1 is 1.38 bits per heavy atom. The van der Waals surface area contributed by atoms with Gasteiger partial charge in [-0.2, -0.15) is 0 Å². The van der Waals surface area contributed by atoms with Crippen LogP contribution < -0.4 is 5.32 Å². The van der Waals surface area contributed by atoms with Crippen LogP contribution in [0.2, 0.25) is 0 Å².